The van der Waals surface area contributed by atoms with Crippen molar-refractivity contribution in [2.45, 2.75) is 12.1 Å². The Hall–Kier alpha value is -2.35. The van der Waals surface area contributed by atoms with Crippen LogP contribution in [-0.4, -0.2) is 32.7 Å². The largest absolute Gasteiger partial charge is 0.476 e. The van der Waals surface area contributed by atoms with Crippen LogP contribution >= 0.6 is 11.8 Å². The Kier molecular flexibility index (Phi) is 4.59. The lowest BCUT2D eigenvalue weighted by Gasteiger charge is -2.06. The molecule has 0 atom stereocenters. The van der Waals surface area contributed by atoms with Crippen LogP contribution in [0.25, 0.3) is 0 Å². The third-order valence-electron chi connectivity index (χ3n) is 2.51. The number of aryl methyl sites for hydroxylation is 1. The topological polar surface area (TPSA) is 95.1 Å². The van der Waals surface area contributed by atoms with Crippen LogP contribution < -0.4 is 5.32 Å². The average molecular weight is 309 g/mol. The van der Waals surface area contributed by atoms with Gasteiger partial charge in [0.25, 0.3) is 0 Å². The van der Waals surface area contributed by atoms with Gasteiger partial charge in [-0.25, -0.2) is 14.2 Å². The third-order valence-corrected chi connectivity index (χ3v) is 3.40. The van der Waals surface area contributed by atoms with E-state index in [1.807, 2.05) is 0 Å². The van der Waals surface area contributed by atoms with Crippen LogP contribution in [0.15, 0.2) is 29.6 Å². The number of aromatic carboxylic acids is 1. The van der Waals surface area contributed by atoms with Gasteiger partial charge < -0.3 is 15.4 Å². The highest BCUT2D eigenvalue weighted by atomic mass is 32.2. The standard InChI is InChI=1S/C13H12FN3O3S/c1-7-2-3-8(14)9(4-7)16-11(18)6-21-13-15-5-10(17-13)12(19)20/h2-5H,6H2,1H3,(H,15,17)(H,16,18)(H,19,20). The number of aromatic amines is 1. The highest BCUT2D eigenvalue weighted by Crippen LogP contribution is 2.18. The first-order valence-corrected chi connectivity index (χ1v) is 6.92. The molecule has 2 rings (SSSR count). The minimum absolute atomic E-state index is 0.0139. The lowest BCUT2D eigenvalue weighted by atomic mass is 10.2. The highest BCUT2D eigenvalue weighted by molar-refractivity contribution is 7.99. The predicted octanol–water partition coefficient (Wildman–Crippen LogP) is 2.29. The molecule has 0 aliphatic heterocycles. The molecule has 2 aromatic rings. The van der Waals surface area contributed by atoms with Crippen LogP contribution in [0.5, 0.6) is 0 Å². The van der Waals surface area contributed by atoms with Crippen LogP contribution in [-0.2, 0) is 4.79 Å². The van der Waals surface area contributed by atoms with Gasteiger partial charge in [-0.05, 0) is 24.6 Å². The second kappa shape index (κ2) is 6.40. The predicted molar refractivity (Wildman–Crippen MR) is 76.0 cm³/mol. The summed E-state index contributed by atoms with van der Waals surface area (Å²) in [5, 5.41) is 11.5. The van der Waals surface area contributed by atoms with E-state index in [0.29, 0.717) is 5.16 Å². The number of hydrogen-bond donors (Lipinski definition) is 3. The minimum atomic E-state index is -1.15. The van der Waals surface area contributed by atoms with Gasteiger partial charge >= 0.3 is 5.97 Å². The summed E-state index contributed by atoms with van der Waals surface area (Å²) >= 11 is 1.03. The molecule has 1 aromatic heterocycles. The molecule has 0 radical (unpaired) electrons. The zero-order valence-electron chi connectivity index (χ0n) is 11.0. The number of anilines is 1. The summed E-state index contributed by atoms with van der Waals surface area (Å²) in [4.78, 5) is 28.8. The van der Waals surface area contributed by atoms with Gasteiger partial charge in [0.1, 0.15) is 5.82 Å². The summed E-state index contributed by atoms with van der Waals surface area (Å²) in [5.74, 6) is -2.08. The molecule has 3 N–H and O–H groups in total. The molecule has 1 heterocycles. The number of carboxylic acids is 1. The first kappa shape index (κ1) is 15.0. The second-order valence-electron chi connectivity index (χ2n) is 4.22. The Labute approximate surface area is 123 Å². The number of benzene rings is 1. The maximum atomic E-state index is 13.5. The number of amides is 1. The van der Waals surface area contributed by atoms with Gasteiger partial charge in [-0.15, -0.1) is 0 Å². The third kappa shape index (κ3) is 4.06. The smallest absolute Gasteiger partial charge is 0.356 e. The Balaban J connectivity index is 1.92. The van der Waals surface area contributed by atoms with Crippen molar-refractivity contribution >= 4 is 29.3 Å². The highest BCUT2D eigenvalue weighted by Gasteiger charge is 2.11. The van der Waals surface area contributed by atoms with E-state index < -0.39 is 17.7 Å². The van der Waals surface area contributed by atoms with Crippen molar-refractivity contribution in [1.29, 1.82) is 0 Å². The molecule has 0 saturated carbocycles. The molecule has 0 bridgehead atoms. The van der Waals surface area contributed by atoms with E-state index in [0.717, 1.165) is 17.3 Å². The number of imidazole rings is 1. The summed E-state index contributed by atoms with van der Waals surface area (Å²) in [6, 6.07) is 4.42. The van der Waals surface area contributed by atoms with Crippen LogP contribution in [0.3, 0.4) is 0 Å². The summed E-state index contributed by atoms with van der Waals surface area (Å²) in [7, 11) is 0. The van der Waals surface area contributed by atoms with E-state index in [-0.39, 0.29) is 17.1 Å². The minimum Gasteiger partial charge on any atom is -0.476 e. The van der Waals surface area contributed by atoms with E-state index in [9.17, 15) is 14.0 Å². The molecule has 21 heavy (non-hydrogen) atoms. The van der Waals surface area contributed by atoms with Crippen molar-refractivity contribution in [2.24, 2.45) is 0 Å². The molecule has 1 aromatic carbocycles. The van der Waals surface area contributed by atoms with Crippen molar-refractivity contribution in [3.8, 4) is 0 Å². The molecule has 1 amide bonds. The van der Waals surface area contributed by atoms with Crippen LogP contribution in [0, 0.1) is 12.7 Å². The molecule has 0 fully saturated rings. The molecule has 0 unspecified atom stereocenters. The zero-order chi connectivity index (χ0) is 15.4. The summed E-state index contributed by atoms with van der Waals surface area (Å²) in [6.07, 6.45) is 1.24. The fraction of sp³-hybridized carbons (Fsp3) is 0.154. The molecular formula is C13H12FN3O3S. The van der Waals surface area contributed by atoms with Crippen molar-refractivity contribution < 1.29 is 19.1 Å². The number of rotatable bonds is 5. The van der Waals surface area contributed by atoms with E-state index in [4.69, 9.17) is 5.11 Å². The SMILES string of the molecule is Cc1ccc(F)c(NC(=O)CSc2nc(C(=O)O)c[nH]2)c1. The summed E-state index contributed by atoms with van der Waals surface area (Å²) in [6.45, 7) is 1.79. The van der Waals surface area contributed by atoms with Gasteiger partial charge in [0.15, 0.2) is 10.9 Å². The number of aromatic nitrogens is 2. The van der Waals surface area contributed by atoms with Crippen LogP contribution in [0.4, 0.5) is 10.1 Å². The number of H-pyrrole nitrogens is 1. The van der Waals surface area contributed by atoms with Crippen LogP contribution in [0.1, 0.15) is 16.1 Å². The number of carboxylic acid groups (broad SMARTS) is 1. The van der Waals surface area contributed by atoms with E-state index in [1.165, 1.54) is 18.3 Å². The number of halogens is 1. The molecule has 0 saturated heterocycles. The van der Waals surface area contributed by atoms with E-state index in [2.05, 4.69) is 15.3 Å². The number of thioether (sulfide) groups is 1. The van der Waals surface area contributed by atoms with Crippen molar-refractivity contribution in [1.82, 2.24) is 9.97 Å². The number of nitrogens with zero attached hydrogens (tertiary/aromatic N) is 1. The molecule has 0 aliphatic carbocycles. The van der Waals surface area contributed by atoms with Crippen molar-refractivity contribution in [2.75, 3.05) is 11.1 Å². The molecule has 0 aliphatic rings. The van der Waals surface area contributed by atoms with Crippen molar-refractivity contribution in [3.05, 3.63) is 41.5 Å². The monoisotopic (exact) mass is 309 g/mol. The summed E-state index contributed by atoms with van der Waals surface area (Å²) in [5.41, 5.74) is 0.824. The molecular weight excluding hydrogens is 297 g/mol. The number of carbonyl (C=O) groups is 2. The van der Waals surface area contributed by atoms with Crippen LogP contribution in [0.2, 0.25) is 0 Å². The molecule has 8 heteroatoms. The Morgan fingerprint density at radius 1 is 1.48 bits per heavy atom. The Morgan fingerprint density at radius 3 is 2.90 bits per heavy atom. The fourth-order valence-electron chi connectivity index (χ4n) is 1.54. The van der Waals surface area contributed by atoms with Crippen molar-refractivity contribution in [3.63, 3.8) is 0 Å². The van der Waals surface area contributed by atoms with E-state index in [1.54, 1.807) is 13.0 Å². The Morgan fingerprint density at radius 2 is 2.24 bits per heavy atom. The second-order valence-corrected chi connectivity index (χ2v) is 5.18. The van der Waals surface area contributed by atoms with Gasteiger partial charge in [0, 0.05) is 6.20 Å². The summed E-state index contributed by atoms with van der Waals surface area (Å²) < 4.78 is 13.5. The Bertz CT molecular complexity index is 687. The van der Waals surface area contributed by atoms with Gasteiger partial charge in [-0.3, -0.25) is 4.79 Å². The van der Waals surface area contributed by atoms with Gasteiger partial charge in [0.2, 0.25) is 5.91 Å². The first-order valence-electron chi connectivity index (χ1n) is 5.93. The van der Waals surface area contributed by atoms with Gasteiger partial charge in [-0.1, -0.05) is 17.8 Å². The lowest BCUT2D eigenvalue weighted by molar-refractivity contribution is -0.113. The first-order chi connectivity index (χ1) is 9.95. The van der Waals surface area contributed by atoms with Gasteiger partial charge in [0.05, 0.1) is 11.4 Å². The maximum Gasteiger partial charge on any atom is 0.356 e. The molecule has 6 nitrogen and oxygen atoms in total. The van der Waals surface area contributed by atoms with E-state index >= 15 is 0 Å². The van der Waals surface area contributed by atoms with Gasteiger partial charge in [-0.2, -0.15) is 0 Å². The quantitative estimate of drug-likeness (QED) is 0.737. The average Bonchev–Trinajstić information content (AvgIpc) is 2.90. The molecule has 0 spiro atoms. The number of carbonyl (C=O) groups excluding carboxylic acids is 1. The molecule has 110 valence electrons. The number of nitrogens with one attached hydrogen (secondary N) is 2. The normalized spacial score (nSPS) is 10.4. The zero-order valence-corrected chi connectivity index (χ0v) is 11.8. The maximum absolute atomic E-state index is 13.5. The lowest BCUT2D eigenvalue weighted by Crippen LogP contribution is -2.15. The fourth-order valence-corrected chi connectivity index (χ4v) is 2.19. The number of hydrogen-bond acceptors (Lipinski definition) is 4.